The van der Waals surface area contributed by atoms with Crippen molar-refractivity contribution >= 4 is 39.0 Å². The second-order valence-corrected chi connectivity index (χ2v) is 7.21. The van der Waals surface area contributed by atoms with E-state index in [-0.39, 0.29) is 5.69 Å². The van der Waals surface area contributed by atoms with Crippen LogP contribution in [0.3, 0.4) is 0 Å². The fraction of sp³-hybridized carbons (Fsp3) is 0.278. The van der Waals surface area contributed by atoms with Crippen LogP contribution in [0.25, 0.3) is 10.2 Å². The summed E-state index contributed by atoms with van der Waals surface area (Å²) in [5.74, 6) is -0.951. The van der Waals surface area contributed by atoms with E-state index in [1.165, 1.54) is 17.7 Å². The lowest BCUT2D eigenvalue weighted by Gasteiger charge is -2.17. The first-order chi connectivity index (χ1) is 12.5. The van der Waals surface area contributed by atoms with Crippen molar-refractivity contribution in [3.8, 4) is 0 Å². The smallest absolute Gasteiger partial charge is 0.266 e. The Balaban J connectivity index is 1.72. The number of rotatable bonds is 3. The van der Waals surface area contributed by atoms with E-state index >= 15 is 0 Å². The number of aromatic nitrogens is 2. The third kappa shape index (κ3) is 2.90. The molecule has 0 unspecified atom stereocenters. The molecule has 4 rings (SSSR count). The maximum atomic E-state index is 13.8. The molecule has 1 N–H and O–H groups in total. The van der Waals surface area contributed by atoms with Crippen molar-refractivity contribution in [1.82, 2.24) is 9.97 Å². The van der Waals surface area contributed by atoms with Gasteiger partial charge in [-0.05, 0) is 37.5 Å². The van der Waals surface area contributed by atoms with Crippen LogP contribution in [0.2, 0.25) is 0 Å². The summed E-state index contributed by atoms with van der Waals surface area (Å²) in [5, 5.41) is 3.30. The minimum absolute atomic E-state index is 0.183. The van der Waals surface area contributed by atoms with Gasteiger partial charge in [0.2, 0.25) is 0 Å². The van der Waals surface area contributed by atoms with E-state index in [0.717, 1.165) is 60.9 Å². The topological polar surface area (TPSA) is 58.1 Å². The first-order valence-electron chi connectivity index (χ1n) is 8.30. The van der Waals surface area contributed by atoms with Gasteiger partial charge in [-0.25, -0.2) is 18.7 Å². The molecule has 0 aliphatic carbocycles. The molecule has 134 valence electrons. The maximum Gasteiger partial charge on any atom is 0.266 e. The van der Waals surface area contributed by atoms with E-state index in [0.29, 0.717) is 9.71 Å². The van der Waals surface area contributed by atoms with Gasteiger partial charge in [-0.3, -0.25) is 4.79 Å². The monoisotopic (exact) mass is 374 g/mol. The zero-order valence-electron chi connectivity index (χ0n) is 14.1. The number of thiophene rings is 1. The number of nitrogens with zero attached hydrogens (tertiary/aromatic N) is 3. The van der Waals surface area contributed by atoms with Gasteiger partial charge in [0.1, 0.15) is 28.6 Å². The highest BCUT2D eigenvalue weighted by Gasteiger charge is 2.23. The number of anilines is 2. The van der Waals surface area contributed by atoms with Crippen molar-refractivity contribution < 1.29 is 13.6 Å². The number of hydrogen-bond donors (Lipinski definition) is 1. The summed E-state index contributed by atoms with van der Waals surface area (Å²) in [6.45, 7) is 3.69. The highest BCUT2D eigenvalue weighted by Crippen LogP contribution is 2.36. The Morgan fingerprint density at radius 1 is 1.23 bits per heavy atom. The molecule has 5 nitrogen and oxygen atoms in total. The minimum Gasteiger partial charge on any atom is -0.356 e. The van der Waals surface area contributed by atoms with Gasteiger partial charge in [0.25, 0.3) is 5.91 Å². The highest BCUT2D eigenvalue weighted by molar-refractivity contribution is 7.20. The Labute approximate surface area is 152 Å². The Bertz CT molecular complexity index is 998. The molecule has 1 saturated heterocycles. The van der Waals surface area contributed by atoms with Crippen LogP contribution in [0.5, 0.6) is 0 Å². The van der Waals surface area contributed by atoms with Crippen molar-refractivity contribution in [2.45, 2.75) is 19.8 Å². The lowest BCUT2D eigenvalue weighted by molar-refractivity contribution is 0.102. The van der Waals surface area contributed by atoms with Crippen molar-refractivity contribution in [2.24, 2.45) is 0 Å². The average Bonchev–Trinajstić information content (AvgIpc) is 3.26. The quantitative estimate of drug-likeness (QED) is 0.749. The molecule has 0 bridgehead atoms. The summed E-state index contributed by atoms with van der Waals surface area (Å²) in [6.07, 6.45) is 3.72. The van der Waals surface area contributed by atoms with Crippen LogP contribution in [-0.2, 0) is 0 Å². The van der Waals surface area contributed by atoms with Gasteiger partial charge in [0.05, 0.1) is 16.0 Å². The molecule has 1 aliphatic heterocycles. The zero-order chi connectivity index (χ0) is 18.3. The van der Waals surface area contributed by atoms with E-state index in [1.807, 2.05) is 6.92 Å². The third-order valence-corrected chi connectivity index (χ3v) is 5.69. The van der Waals surface area contributed by atoms with Crippen LogP contribution in [0, 0.1) is 18.6 Å². The van der Waals surface area contributed by atoms with Crippen molar-refractivity contribution in [3.63, 3.8) is 0 Å². The Kier molecular flexibility index (Phi) is 4.28. The lowest BCUT2D eigenvalue weighted by atomic mass is 10.2. The van der Waals surface area contributed by atoms with E-state index < -0.39 is 17.5 Å². The number of hydrogen-bond acceptors (Lipinski definition) is 5. The number of nitrogens with one attached hydrogen (secondary N) is 1. The van der Waals surface area contributed by atoms with Gasteiger partial charge >= 0.3 is 0 Å². The van der Waals surface area contributed by atoms with E-state index in [2.05, 4.69) is 20.2 Å². The summed E-state index contributed by atoms with van der Waals surface area (Å²) < 4.78 is 27.1. The molecule has 3 aromatic rings. The molecular formula is C18H16F2N4OS. The second kappa shape index (κ2) is 6.60. The minimum atomic E-state index is -0.684. The first kappa shape index (κ1) is 16.8. The van der Waals surface area contributed by atoms with Crippen LogP contribution in [0.1, 0.15) is 28.1 Å². The van der Waals surface area contributed by atoms with Gasteiger partial charge in [-0.2, -0.15) is 0 Å². The maximum absolute atomic E-state index is 13.8. The molecule has 26 heavy (non-hydrogen) atoms. The largest absolute Gasteiger partial charge is 0.356 e. The van der Waals surface area contributed by atoms with Crippen LogP contribution in [-0.4, -0.2) is 29.0 Å². The molecule has 0 atom stereocenters. The molecule has 0 spiro atoms. The number of halogens is 2. The van der Waals surface area contributed by atoms with Gasteiger partial charge in [-0.1, -0.05) is 0 Å². The molecular weight excluding hydrogens is 358 g/mol. The van der Waals surface area contributed by atoms with Gasteiger partial charge in [0, 0.05) is 19.2 Å². The molecule has 2 aromatic heterocycles. The summed E-state index contributed by atoms with van der Waals surface area (Å²) in [7, 11) is 0. The molecule has 8 heteroatoms. The number of benzene rings is 1. The predicted molar refractivity (Wildman–Crippen MR) is 97.9 cm³/mol. The third-order valence-electron chi connectivity index (χ3n) is 4.50. The van der Waals surface area contributed by atoms with E-state index in [4.69, 9.17) is 0 Å². The SMILES string of the molecule is Cc1c(C(=O)Nc2cc(F)ccc2F)sc2ncnc(N3CCCC3)c12. The van der Waals surface area contributed by atoms with Crippen molar-refractivity contribution in [2.75, 3.05) is 23.3 Å². The lowest BCUT2D eigenvalue weighted by Crippen LogP contribution is -2.19. The van der Waals surface area contributed by atoms with Gasteiger partial charge < -0.3 is 10.2 Å². The summed E-state index contributed by atoms with van der Waals surface area (Å²) in [4.78, 5) is 24.7. The number of fused-ring (bicyclic) bond motifs is 1. The van der Waals surface area contributed by atoms with Crippen LogP contribution >= 0.6 is 11.3 Å². The predicted octanol–water partition coefficient (Wildman–Crippen LogP) is 4.13. The molecule has 1 fully saturated rings. The standard InChI is InChI=1S/C18H16F2N4OS/c1-10-14-16(24-6-2-3-7-24)21-9-22-18(14)26-15(10)17(25)23-13-8-11(19)4-5-12(13)20/h4-5,8-9H,2-3,6-7H2,1H3,(H,23,25). The van der Waals surface area contributed by atoms with E-state index in [9.17, 15) is 13.6 Å². The highest BCUT2D eigenvalue weighted by atomic mass is 32.1. The van der Waals surface area contributed by atoms with E-state index in [1.54, 1.807) is 0 Å². The summed E-state index contributed by atoms with van der Waals surface area (Å²) in [6, 6.07) is 2.96. The Morgan fingerprint density at radius 3 is 2.77 bits per heavy atom. The number of aryl methyl sites for hydroxylation is 1. The van der Waals surface area contributed by atoms with Gasteiger partial charge in [-0.15, -0.1) is 11.3 Å². The molecule has 0 radical (unpaired) electrons. The number of carbonyl (C=O) groups excluding carboxylic acids is 1. The average molecular weight is 374 g/mol. The first-order valence-corrected chi connectivity index (χ1v) is 9.11. The summed E-state index contributed by atoms with van der Waals surface area (Å²) >= 11 is 1.23. The van der Waals surface area contributed by atoms with Gasteiger partial charge in [0.15, 0.2) is 0 Å². The Morgan fingerprint density at radius 2 is 2.00 bits per heavy atom. The van der Waals surface area contributed by atoms with Crippen molar-refractivity contribution in [3.05, 3.63) is 46.6 Å². The molecule has 1 aromatic carbocycles. The fourth-order valence-corrected chi connectivity index (χ4v) is 4.25. The number of carbonyl (C=O) groups is 1. The number of amides is 1. The molecule has 1 amide bonds. The van der Waals surface area contributed by atoms with Crippen LogP contribution in [0.15, 0.2) is 24.5 Å². The fourth-order valence-electron chi connectivity index (χ4n) is 3.21. The Hall–Kier alpha value is -2.61. The second-order valence-electron chi connectivity index (χ2n) is 6.21. The molecule has 1 aliphatic rings. The van der Waals surface area contributed by atoms with Crippen LogP contribution in [0.4, 0.5) is 20.3 Å². The van der Waals surface area contributed by atoms with Crippen molar-refractivity contribution in [1.29, 1.82) is 0 Å². The molecule has 3 heterocycles. The normalized spacial score (nSPS) is 14.2. The summed E-state index contributed by atoms with van der Waals surface area (Å²) in [5.41, 5.74) is 0.569. The van der Waals surface area contributed by atoms with Crippen LogP contribution < -0.4 is 10.2 Å². The molecule has 0 saturated carbocycles. The zero-order valence-corrected chi connectivity index (χ0v) is 14.9.